The van der Waals surface area contributed by atoms with Gasteiger partial charge in [0.05, 0.1) is 24.5 Å². The third kappa shape index (κ3) is 8.59. The minimum Gasteiger partial charge on any atom is -0.462 e. The molecule has 0 amide bonds. The first-order valence-electron chi connectivity index (χ1n) is 10.3. The van der Waals surface area contributed by atoms with Crippen molar-refractivity contribution in [2.75, 3.05) is 19.8 Å². The van der Waals surface area contributed by atoms with Crippen LogP contribution in [0.4, 0.5) is 0 Å². The number of H-pyrrole nitrogens is 1. The van der Waals surface area contributed by atoms with Crippen LogP contribution in [0.15, 0.2) is 0 Å². The second-order valence-electron chi connectivity index (χ2n) is 9.77. The summed E-state index contributed by atoms with van der Waals surface area (Å²) in [5, 5.41) is 7.41. The lowest BCUT2D eigenvalue weighted by molar-refractivity contribution is 0.0470. The Morgan fingerprint density at radius 1 is 0.964 bits per heavy atom. The molecule has 0 aromatic carbocycles. The van der Waals surface area contributed by atoms with E-state index in [1.165, 1.54) is 0 Å². The van der Waals surface area contributed by atoms with Gasteiger partial charge in [0.1, 0.15) is 11.3 Å². The van der Waals surface area contributed by atoms with Crippen molar-refractivity contribution >= 4 is 22.1 Å². The molecule has 28 heavy (non-hydrogen) atoms. The molecular formula is C20H40N2O4Si2. The number of hydrogen-bond donors (Lipinski definition) is 1. The monoisotopic (exact) mass is 428 g/mol. The zero-order valence-electron chi connectivity index (χ0n) is 19.3. The molecular weight excluding hydrogens is 388 g/mol. The summed E-state index contributed by atoms with van der Waals surface area (Å²) in [4.78, 5) is 12.6. The van der Waals surface area contributed by atoms with Gasteiger partial charge in [0.15, 0.2) is 0 Å². The first-order valence-corrected chi connectivity index (χ1v) is 17.8. The minimum absolute atomic E-state index is 0.258. The average molecular weight is 429 g/mol. The van der Waals surface area contributed by atoms with Gasteiger partial charge in [0, 0.05) is 29.4 Å². The van der Waals surface area contributed by atoms with E-state index in [1.807, 2.05) is 13.8 Å². The molecule has 1 N–H and O–H groups in total. The van der Waals surface area contributed by atoms with E-state index in [2.05, 4.69) is 49.5 Å². The van der Waals surface area contributed by atoms with Gasteiger partial charge < -0.3 is 14.2 Å². The van der Waals surface area contributed by atoms with Crippen LogP contribution in [0.5, 0.6) is 0 Å². The predicted octanol–water partition coefficient (Wildman–Crippen LogP) is 5.42. The maximum Gasteiger partial charge on any atom is 0.342 e. The normalized spacial score (nSPS) is 14.8. The Bertz CT molecular complexity index is 577. The number of nitrogens with zero attached hydrogens (tertiary/aromatic N) is 1. The molecule has 1 rings (SSSR count). The third-order valence-corrected chi connectivity index (χ3v) is 7.94. The summed E-state index contributed by atoms with van der Waals surface area (Å²) in [5.74, 6) is -0.373. The lowest BCUT2D eigenvalue weighted by atomic mass is 10.1. The van der Waals surface area contributed by atoms with Gasteiger partial charge in [-0.05, 0) is 32.9 Å². The predicted molar refractivity (Wildman–Crippen MR) is 120 cm³/mol. The number of rotatable bonds is 12. The topological polar surface area (TPSA) is 73.4 Å². The first kappa shape index (κ1) is 25.1. The summed E-state index contributed by atoms with van der Waals surface area (Å²) in [6, 6.07) is 2.14. The van der Waals surface area contributed by atoms with E-state index < -0.39 is 16.1 Å². The average Bonchev–Trinajstić information content (AvgIpc) is 2.97. The fourth-order valence-electron chi connectivity index (χ4n) is 2.62. The van der Waals surface area contributed by atoms with E-state index in [-0.39, 0.29) is 18.2 Å². The number of aromatic nitrogens is 2. The van der Waals surface area contributed by atoms with Crippen molar-refractivity contribution in [1.29, 1.82) is 0 Å². The van der Waals surface area contributed by atoms with Gasteiger partial charge in [-0.15, -0.1) is 0 Å². The van der Waals surface area contributed by atoms with E-state index in [0.717, 1.165) is 12.1 Å². The van der Waals surface area contributed by atoms with Gasteiger partial charge in [-0.2, -0.15) is 5.10 Å². The molecule has 1 aromatic heterocycles. The lowest BCUT2D eigenvalue weighted by Gasteiger charge is -2.19. The van der Waals surface area contributed by atoms with Crippen LogP contribution in [0.25, 0.3) is 0 Å². The molecule has 1 aromatic rings. The molecule has 8 heteroatoms. The second kappa shape index (κ2) is 10.7. The zero-order valence-corrected chi connectivity index (χ0v) is 21.3. The minimum atomic E-state index is -1.18. The van der Waals surface area contributed by atoms with Gasteiger partial charge in [0.25, 0.3) is 0 Å². The Labute approximate surface area is 172 Å². The highest BCUT2D eigenvalue weighted by Crippen LogP contribution is 2.28. The van der Waals surface area contributed by atoms with Gasteiger partial charge in [-0.25, -0.2) is 4.79 Å². The lowest BCUT2D eigenvalue weighted by Crippen LogP contribution is -2.23. The van der Waals surface area contributed by atoms with Crippen LogP contribution in [0.3, 0.4) is 0 Å². The molecule has 0 aliphatic carbocycles. The molecule has 0 saturated heterocycles. The van der Waals surface area contributed by atoms with E-state index in [9.17, 15) is 4.79 Å². The van der Waals surface area contributed by atoms with Gasteiger partial charge in [0.2, 0.25) is 0 Å². The number of carbonyl (C=O) groups is 1. The molecule has 0 spiro atoms. The molecule has 162 valence electrons. The van der Waals surface area contributed by atoms with Crippen LogP contribution in [0.2, 0.25) is 51.4 Å². The maximum atomic E-state index is 12.6. The summed E-state index contributed by atoms with van der Waals surface area (Å²) in [6.45, 7) is 21.3. The molecule has 0 aliphatic heterocycles. The van der Waals surface area contributed by atoms with E-state index in [1.54, 1.807) is 6.92 Å². The van der Waals surface area contributed by atoms with Gasteiger partial charge in [-0.1, -0.05) is 39.3 Å². The first-order chi connectivity index (χ1) is 12.9. The smallest absolute Gasteiger partial charge is 0.342 e. The van der Waals surface area contributed by atoms with Crippen molar-refractivity contribution in [3.05, 3.63) is 17.0 Å². The Morgan fingerprint density at radius 2 is 1.46 bits per heavy atom. The largest absolute Gasteiger partial charge is 0.462 e. The molecule has 0 fully saturated rings. The molecule has 1 heterocycles. The fraction of sp³-hybridized carbons (Fsp3) is 0.800. The number of aromatic amines is 1. The molecule has 2 atom stereocenters. The Balaban J connectivity index is 2.94. The number of ether oxygens (including phenoxy) is 3. The Hall–Kier alpha value is -0.966. The Kier molecular flexibility index (Phi) is 9.59. The standard InChI is InChI=1S/C20H40N2O4Si2/c1-10-24-20(23)17-18(15(2)25-11-13-27(4,5)6)21-22-19(17)16(3)26-12-14-28(7,8)9/h15-16H,10-14H2,1-9H3,(H,21,22). The zero-order chi connectivity index (χ0) is 21.5. The van der Waals surface area contributed by atoms with Gasteiger partial charge in [-0.3, -0.25) is 5.10 Å². The molecule has 0 saturated carbocycles. The summed E-state index contributed by atoms with van der Waals surface area (Å²) in [7, 11) is -2.35. The van der Waals surface area contributed by atoms with Crippen LogP contribution in [0, 0.1) is 0 Å². The van der Waals surface area contributed by atoms with E-state index >= 15 is 0 Å². The van der Waals surface area contributed by atoms with Crippen molar-refractivity contribution in [3.63, 3.8) is 0 Å². The van der Waals surface area contributed by atoms with Crippen LogP contribution in [-0.2, 0) is 14.2 Å². The van der Waals surface area contributed by atoms with E-state index in [0.29, 0.717) is 36.8 Å². The molecule has 6 nitrogen and oxygen atoms in total. The summed E-state index contributed by atoms with van der Waals surface area (Å²) in [6.07, 6.45) is -0.541. The molecule has 2 unspecified atom stereocenters. The summed E-state index contributed by atoms with van der Waals surface area (Å²) >= 11 is 0. The van der Waals surface area contributed by atoms with Crippen LogP contribution in [0.1, 0.15) is 54.7 Å². The SMILES string of the molecule is CCOC(=O)c1c(C(C)OCC[Si](C)(C)C)n[nH]c1C(C)OCC[Si](C)(C)C. The summed E-state index contributed by atoms with van der Waals surface area (Å²) in [5.41, 5.74) is 1.73. The third-order valence-electron chi connectivity index (χ3n) is 4.53. The van der Waals surface area contributed by atoms with Crippen molar-refractivity contribution in [2.45, 2.75) is 84.3 Å². The number of hydrogen-bond acceptors (Lipinski definition) is 5. The van der Waals surface area contributed by atoms with Gasteiger partial charge >= 0.3 is 5.97 Å². The van der Waals surface area contributed by atoms with Crippen molar-refractivity contribution in [3.8, 4) is 0 Å². The van der Waals surface area contributed by atoms with Crippen LogP contribution in [-0.4, -0.2) is 52.1 Å². The highest BCUT2D eigenvalue weighted by Gasteiger charge is 2.29. The quantitative estimate of drug-likeness (QED) is 0.355. The molecule has 0 radical (unpaired) electrons. The van der Waals surface area contributed by atoms with Crippen LogP contribution >= 0.6 is 0 Å². The fourth-order valence-corrected chi connectivity index (χ4v) is 4.08. The molecule has 0 bridgehead atoms. The van der Waals surface area contributed by atoms with Crippen LogP contribution < -0.4 is 0 Å². The maximum absolute atomic E-state index is 12.6. The number of esters is 1. The van der Waals surface area contributed by atoms with Crippen molar-refractivity contribution < 1.29 is 19.0 Å². The molecule has 0 aliphatic rings. The Morgan fingerprint density at radius 3 is 1.93 bits per heavy atom. The second-order valence-corrected chi connectivity index (χ2v) is 21.0. The van der Waals surface area contributed by atoms with Crippen molar-refractivity contribution in [1.82, 2.24) is 10.2 Å². The highest BCUT2D eigenvalue weighted by atomic mass is 28.3. The van der Waals surface area contributed by atoms with E-state index in [4.69, 9.17) is 14.2 Å². The highest BCUT2D eigenvalue weighted by molar-refractivity contribution is 6.76. The van der Waals surface area contributed by atoms with Crippen molar-refractivity contribution in [2.24, 2.45) is 0 Å². The number of carbonyl (C=O) groups excluding carboxylic acids is 1. The number of nitrogens with one attached hydrogen (secondary N) is 1. The summed E-state index contributed by atoms with van der Waals surface area (Å²) < 4.78 is 17.3.